The number of aliphatic hydroxyl groups is 2. The van der Waals surface area contributed by atoms with Gasteiger partial charge in [0.05, 0.1) is 17.8 Å². The predicted molar refractivity (Wildman–Crippen MR) is 88.5 cm³/mol. The number of carbonyl (C=O) groups excluding carboxylic acids is 1. The van der Waals surface area contributed by atoms with Gasteiger partial charge in [-0.1, -0.05) is 20.8 Å². The van der Waals surface area contributed by atoms with Gasteiger partial charge in [-0.25, -0.2) is 4.79 Å². The molecule has 7 rings (SSSR count). The summed E-state index contributed by atoms with van der Waals surface area (Å²) in [5, 5.41) is 22.3. The van der Waals surface area contributed by atoms with Crippen LogP contribution in [0.1, 0.15) is 33.6 Å². The van der Waals surface area contributed by atoms with Gasteiger partial charge in [-0.05, 0) is 30.3 Å². The van der Waals surface area contributed by atoms with Crippen molar-refractivity contribution in [1.82, 2.24) is 0 Å². The molecule has 2 spiro atoms. The van der Waals surface area contributed by atoms with E-state index in [9.17, 15) is 15.0 Å². The van der Waals surface area contributed by atoms with Crippen molar-refractivity contribution in [2.75, 3.05) is 6.61 Å². The molecule has 0 amide bonds. The van der Waals surface area contributed by atoms with E-state index in [1.807, 2.05) is 0 Å². The van der Waals surface area contributed by atoms with E-state index >= 15 is 0 Å². The minimum atomic E-state index is -0.864. The van der Waals surface area contributed by atoms with E-state index < -0.39 is 40.4 Å². The minimum Gasteiger partial charge on any atom is -0.458 e. The third kappa shape index (κ3) is 1.27. The van der Waals surface area contributed by atoms with Gasteiger partial charge in [-0.3, -0.25) is 0 Å². The first kappa shape index (κ1) is 15.9. The summed E-state index contributed by atoms with van der Waals surface area (Å²) in [7, 11) is 0. The molecule has 7 nitrogen and oxygen atoms in total. The van der Waals surface area contributed by atoms with E-state index in [1.165, 1.54) is 0 Å². The Labute approximate surface area is 156 Å². The third-order valence-electron chi connectivity index (χ3n) is 9.09. The number of rotatable bonds is 1. The van der Waals surface area contributed by atoms with Crippen molar-refractivity contribution in [1.29, 1.82) is 0 Å². The Hall–Kier alpha value is -0.990. The van der Waals surface area contributed by atoms with Gasteiger partial charge in [0.25, 0.3) is 0 Å². The van der Waals surface area contributed by atoms with Gasteiger partial charge < -0.3 is 29.2 Å². The molecular formula is C20H24O7. The van der Waals surface area contributed by atoms with Gasteiger partial charge in [0.15, 0.2) is 5.60 Å². The number of carbonyl (C=O) groups is 1. The second kappa shape index (κ2) is 4.00. The molecule has 146 valence electrons. The van der Waals surface area contributed by atoms with Crippen molar-refractivity contribution < 1.29 is 34.0 Å². The molecule has 4 aliphatic heterocycles. The third-order valence-corrected chi connectivity index (χ3v) is 9.09. The van der Waals surface area contributed by atoms with Crippen LogP contribution < -0.4 is 0 Å². The summed E-state index contributed by atoms with van der Waals surface area (Å²) in [5.41, 5.74) is -1.12. The number of cyclic esters (lactones) is 1. The molecule has 3 aliphatic carbocycles. The fraction of sp³-hybridized carbons (Fsp3) is 0.850. The summed E-state index contributed by atoms with van der Waals surface area (Å²) in [6.45, 7) is 6.51. The number of ether oxygens (including phenoxy) is 4. The number of aliphatic hydroxyl groups excluding tert-OH is 2. The predicted octanol–water partition coefficient (Wildman–Crippen LogP) is 0.0739. The topological polar surface area (TPSA) is 104 Å². The van der Waals surface area contributed by atoms with Crippen LogP contribution in [0.25, 0.3) is 0 Å². The Balaban J connectivity index is 1.40. The standard InChI is InChI=1S/C20H24O7/c1-7(2)18-13(26-18)14-20(27-14)17(3)5-10(21)12-8(6-24-15(12)22)9(17)4-11-19(20,25-11)16(18)23/h7,9-11,13-14,16,21,23H,4-6H2,1-3H3/t9-,10-,11-,13-,14-,16+,17-,18?,19+,20+/m0/s1. The number of esters is 1. The molecule has 10 atom stereocenters. The van der Waals surface area contributed by atoms with Gasteiger partial charge in [0.1, 0.15) is 36.1 Å². The summed E-state index contributed by atoms with van der Waals surface area (Å²) in [6, 6.07) is 0. The first-order valence-electron chi connectivity index (χ1n) is 10.1. The molecule has 7 aliphatic rings. The lowest BCUT2D eigenvalue weighted by Crippen LogP contribution is -2.69. The average Bonchev–Trinajstić information content (AvgIpc) is 3.48. The van der Waals surface area contributed by atoms with E-state index in [2.05, 4.69) is 20.8 Å². The zero-order valence-electron chi connectivity index (χ0n) is 15.6. The Morgan fingerprint density at radius 1 is 1.15 bits per heavy atom. The van der Waals surface area contributed by atoms with Gasteiger partial charge in [-0.2, -0.15) is 0 Å². The molecule has 0 radical (unpaired) electrons. The van der Waals surface area contributed by atoms with Crippen molar-refractivity contribution in [3.63, 3.8) is 0 Å². The first-order valence-corrected chi connectivity index (χ1v) is 10.1. The van der Waals surface area contributed by atoms with Crippen LogP contribution in [0.15, 0.2) is 11.1 Å². The van der Waals surface area contributed by atoms with Crippen molar-refractivity contribution in [2.45, 2.75) is 80.9 Å². The summed E-state index contributed by atoms with van der Waals surface area (Å²) in [6.07, 6.45) is -0.861. The Bertz CT molecular complexity index is 851. The highest BCUT2D eigenvalue weighted by Crippen LogP contribution is 2.82. The molecule has 3 saturated heterocycles. The highest BCUT2D eigenvalue weighted by atomic mass is 16.7. The maximum atomic E-state index is 12.1. The molecule has 0 bridgehead atoms. The number of fused-ring (bicyclic) bond motifs is 4. The van der Waals surface area contributed by atoms with Crippen molar-refractivity contribution >= 4 is 5.97 Å². The minimum absolute atomic E-state index is 0.0467. The molecule has 2 saturated carbocycles. The van der Waals surface area contributed by atoms with Crippen molar-refractivity contribution in [3.05, 3.63) is 11.1 Å². The number of epoxide rings is 3. The average molecular weight is 376 g/mol. The summed E-state index contributed by atoms with van der Waals surface area (Å²) in [4.78, 5) is 12.1. The Morgan fingerprint density at radius 2 is 1.93 bits per heavy atom. The van der Waals surface area contributed by atoms with E-state index in [0.717, 1.165) is 5.57 Å². The molecule has 0 aromatic rings. The van der Waals surface area contributed by atoms with Gasteiger partial charge in [-0.15, -0.1) is 0 Å². The Kier molecular flexibility index (Phi) is 2.35. The lowest BCUT2D eigenvalue weighted by molar-refractivity contribution is -0.137. The van der Waals surface area contributed by atoms with Gasteiger partial charge in [0, 0.05) is 5.41 Å². The highest BCUT2D eigenvalue weighted by molar-refractivity contribution is 5.93. The van der Waals surface area contributed by atoms with Crippen LogP contribution in [-0.2, 0) is 23.7 Å². The van der Waals surface area contributed by atoms with Crippen molar-refractivity contribution in [3.8, 4) is 0 Å². The van der Waals surface area contributed by atoms with Gasteiger partial charge in [0.2, 0.25) is 0 Å². The van der Waals surface area contributed by atoms with Crippen LogP contribution >= 0.6 is 0 Å². The number of hydrogen-bond donors (Lipinski definition) is 2. The monoisotopic (exact) mass is 376 g/mol. The molecule has 1 unspecified atom stereocenters. The molecule has 0 aromatic heterocycles. The van der Waals surface area contributed by atoms with Gasteiger partial charge >= 0.3 is 5.97 Å². The van der Waals surface area contributed by atoms with Crippen molar-refractivity contribution in [2.24, 2.45) is 17.3 Å². The lowest BCUT2D eigenvalue weighted by atomic mass is 9.46. The smallest absolute Gasteiger partial charge is 0.337 e. The quantitative estimate of drug-likeness (QED) is 0.493. The number of hydrogen-bond acceptors (Lipinski definition) is 7. The van der Waals surface area contributed by atoms with E-state index in [-0.39, 0.29) is 36.8 Å². The molecule has 5 fully saturated rings. The van der Waals surface area contributed by atoms with E-state index in [1.54, 1.807) is 0 Å². The summed E-state index contributed by atoms with van der Waals surface area (Å²) in [5.74, 6) is -0.186. The van der Waals surface area contributed by atoms with Crippen LogP contribution in [0.4, 0.5) is 0 Å². The van der Waals surface area contributed by atoms with Crippen LogP contribution in [0.2, 0.25) is 0 Å². The molecular weight excluding hydrogens is 352 g/mol. The largest absolute Gasteiger partial charge is 0.458 e. The first-order chi connectivity index (χ1) is 12.8. The molecule has 7 heteroatoms. The summed E-state index contributed by atoms with van der Waals surface area (Å²) >= 11 is 0. The summed E-state index contributed by atoms with van der Waals surface area (Å²) < 4.78 is 24.1. The molecule has 2 N–H and O–H groups in total. The fourth-order valence-electron chi connectivity index (χ4n) is 7.80. The fourth-order valence-corrected chi connectivity index (χ4v) is 7.80. The maximum absolute atomic E-state index is 12.1. The Morgan fingerprint density at radius 3 is 2.67 bits per heavy atom. The molecule has 0 aromatic carbocycles. The zero-order valence-corrected chi connectivity index (χ0v) is 15.6. The van der Waals surface area contributed by atoms with E-state index in [0.29, 0.717) is 18.4 Å². The lowest BCUT2D eigenvalue weighted by Gasteiger charge is -2.54. The molecule has 4 heterocycles. The second-order valence-corrected chi connectivity index (χ2v) is 10.1. The van der Waals surface area contributed by atoms with Crippen LogP contribution in [0.5, 0.6) is 0 Å². The maximum Gasteiger partial charge on any atom is 0.337 e. The zero-order chi connectivity index (χ0) is 18.7. The van der Waals surface area contributed by atoms with Crippen LogP contribution in [0, 0.1) is 17.3 Å². The molecule has 27 heavy (non-hydrogen) atoms. The van der Waals surface area contributed by atoms with Crippen LogP contribution in [-0.4, -0.2) is 70.1 Å². The highest BCUT2D eigenvalue weighted by Gasteiger charge is 3.00. The second-order valence-electron chi connectivity index (χ2n) is 10.1. The normalized spacial score (nSPS) is 64.0. The van der Waals surface area contributed by atoms with E-state index in [4.69, 9.17) is 18.9 Å². The SMILES string of the molecule is CC(C)C12O[C@H]1[C@@H]1O[C@]13[C@]1(O[C@H]1C[C@H]1C4=C(C(=O)OC4)[C@@H](O)C[C@@]13C)[C@@H]2O. The van der Waals surface area contributed by atoms with Crippen LogP contribution in [0.3, 0.4) is 0 Å².